The molecule has 0 aliphatic rings. The van der Waals surface area contributed by atoms with Gasteiger partial charge in [-0.3, -0.25) is 0 Å². The molecule has 3 N–H and O–H groups in total. The third-order valence-corrected chi connectivity index (χ3v) is 2.95. The van der Waals surface area contributed by atoms with Crippen molar-refractivity contribution < 1.29 is 5.11 Å². The first-order valence-electron chi connectivity index (χ1n) is 2.82. The Hall–Kier alpha value is -0.420. The van der Waals surface area contributed by atoms with Crippen LogP contribution in [0.25, 0.3) is 0 Å². The van der Waals surface area contributed by atoms with E-state index < -0.39 is 0 Å². The molecule has 1 aromatic heterocycles. The Kier molecular flexibility index (Phi) is 2.39. The van der Waals surface area contributed by atoms with Gasteiger partial charge in [0.1, 0.15) is 9.90 Å². The van der Waals surface area contributed by atoms with E-state index in [1.165, 1.54) is 11.5 Å². The minimum absolute atomic E-state index is 0.0408. The van der Waals surface area contributed by atoms with Crippen LogP contribution < -0.4 is 5.73 Å². The Morgan fingerprint density at radius 3 is 2.90 bits per heavy atom. The molecule has 0 aromatic carbocycles. The van der Waals surface area contributed by atoms with Crippen molar-refractivity contribution in [2.75, 3.05) is 11.5 Å². The van der Waals surface area contributed by atoms with Gasteiger partial charge in [0.15, 0.2) is 0 Å². The monoisotopic (exact) mass is 176 g/mol. The number of nitrogen functional groups attached to an aromatic ring is 1. The number of thioether (sulfide) groups is 1. The van der Waals surface area contributed by atoms with Crippen molar-refractivity contribution in [3.8, 4) is 5.88 Å². The van der Waals surface area contributed by atoms with Crippen LogP contribution in [0, 0.1) is 0 Å². The summed E-state index contributed by atoms with van der Waals surface area (Å²) in [6, 6.07) is 0. The molecule has 5 heteroatoms. The number of nitrogens with two attached hydrogens (primary N) is 1. The molecule has 0 bridgehead atoms. The summed E-state index contributed by atoms with van der Waals surface area (Å²) in [5.41, 5.74) is 5.88. The minimum Gasteiger partial charge on any atom is -0.491 e. The van der Waals surface area contributed by atoms with Gasteiger partial charge in [-0.05, 0) is 17.3 Å². The van der Waals surface area contributed by atoms with Crippen LogP contribution in [0.4, 0.5) is 5.69 Å². The zero-order chi connectivity index (χ0) is 7.56. The van der Waals surface area contributed by atoms with Gasteiger partial charge in [0.25, 0.3) is 0 Å². The van der Waals surface area contributed by atoms with Crippen LogP contribution in [-0.4, -0.2) is 15.2 Å². The first kappa shape index (κ1) is 7.68. The fourth-order valence-electron chi connectivity index (χ4n) is 0.510. The van der Waals surface area contributed by atoms with E-state index >= 15 is 0 Å². The summed E-state index contributed by atoms with van der Waals surface area (Å²) in [5.74, 6) is 0.909. The van der Waals surface area contributed by atoms with Crippen molar-refractivity contribution in [3.05, 3.63) is 0 Å². The quantitative estimate of drug-likeness (QED) is 0.671. The van der Waals surface area contributed by atoms with Crippen LogP contribution >= 0.6 is 23.3 Å². The van der Waals surface area contributed by atoms with E-state index in [1.54, 1.807) is 11.8 Å². The molecule has 0 aliphatic heterocycles. The summed E-state index contributed by atoms with van der Waals surface area (Å²) in [6.45, 7) is 2.03. The second-order valence-electron chi connectivity index (χ2n) is 1.64. The van der Waals surface area contributed by atoms with E-state index in [1.807, 2.05) is 6.92 Å². The second kappa shape index (κ2) is 3.12. The summed E-state index contributed by atoms with van der Waals surface area (Å²) in [4.78, 5) is 0. The average Bonchev–Trinajstić information content (AvgIpc) is 2.20. The molecule has 0 saturated carbocycles. The third-order valence-electron chi connectivity index (χ3n) is 0.951. The van der Waals surface area contributed by atoms with Crippen LogP contribution in [-0.2, 0) is 0 Å². The lowest BCUT2D eigenvalue weighted by molar-refractivity contribution is 0.462. The number of hydrogen-bond donors (Lipinski definition) is 2. The largest absolute Gasteiger partial charge is 0.491 e. The van der Waals surface area contributed by atoms with Crippen molar-refractivity contribution in [1.82, 2.24) is 4.37 Å². The number of aromatic nitrogens is 1. The van der Waals surface area contributed by atoms with E-state index in [0.717, 1.165) is 9.96 Å². The molecular weight excluding hydrogens is 168 g/mol. The SMILES string of the molecule is CCSc1snc(O)c1N. The predicted octanol–water partition coefficient (Wildman–Crippen LogP) is 1.54. The number of rotatable bonds is 2. The standard InChI is InChI=1S/C5H8N2OS2/c1-2-9-5-3(6)4(8)7-10-5/h2,6H2,1H3,(H,7,8). The van der Waals surface area contributed by atoms with Crippen LogP contribution in [0.15, 0.2) is 4.21 Å². The Bertz CT molecular complexity index is 223. The molecule has 3 nitrogen and oxygen atoms in total. The molecule has 1 rings (SSSR count). The topological polar surface area (TPSA) is 59.1 Å². The molecule has 1 heterocycles. The highest BCUT2D eigenvalue weighted by atomic mass is 32.2. The molecule has 0 amide bonds. The highest BCUT2D eigenvalue weighted by Gasteiger charge is 2.07. The highest BCUT2D eigenvalue weighted by molar-refractivity contribution is 8.01. The van der Waals surface area contributed by atoms with Gasteiger partial charge in [0, 0.05) is 0 Å². The van der Waals surface area contributed by atoms with Gasteiger partial charge in [-0.1, -0.05) is 6.92 Å². The number of nitrogens with zero attached hydrogens (tertiary/aromatic N) is 1. The van der Waals surface area contributed by atoms with Gasteiger partial charge in [-0.15, -0.1) is 11.8 Å². The van der Waals surface area contributed by atoms with Crippen molar-refractivity contribution in [3.63, 3.8) is 0 Å². The molecule has 0 radical (unpaired) electrons. The van der Waals surface area contributed by atoms with E-state index in [2.05, 4.69) is 4.37 Å². The molecule has 0 atom stereocenters. The maximum atomic E-state index is 8.93. The maximum absolute atomic E-state index is 8.93. The van der Waals surface area contributed by atoms with Crippen LogP contribution in [0.2, 0.25) is 0 Å². The zero-order valence-corrected chi connectivity index (χ0v) is 7.13. The molecule has 0 unspecified atom stereocenters. The predicted molar refractivity (Wildman–Crippen MR) is 44.6 cm³/mol. The lowest BCUT2D eigenvalue weighted by Crippen LogP contribution is -1.82. The van der Waals surface area contributed by atoms with Crippen LogP contribution in [0.5, 0.6) is 5.88 Å². The van der Waals surface area contributed by atoms with E-state index in [0.29, 0.717) is 5.69 Å². The molecule has 0 saturated heterocycles. The number of hydrogen-bond acceptors (Lipinski definition) is 5. The molecule has 1 aromatic rings. The van der Waals surface area contributed by atoms with Gasteiger partial charge < -0.3 is 10.8 Å². The third kappa shape index (κ3) is 1.35. The Morgan fingerprint density at radius 2 is 2.50 bits per heavy atom. The highest BCUT2D eigenvalue weighted by Crippen LogP contribution is 2.34. The summed E-state index contributed by atoms with van der Waals surface area (Å²) in [6.07, 6.45) is 0. The van der Waals surface area contributed by atoms with E-state index in [-0.39, 0.29) is 5.88 Å². The molecule has 10 heavy (non-hydrogen) atoms. The van der Waals surface area contributed by atoms with E-state index in [9.17, 15) is 0 Å². The summed E-state index contributed by atoms with van der Waals surface area (Å²) in [5, 5.41) is 8.93. The van der Waals surface area contributed by atoms with Crippen molar-refractivity contribution in [2.45, 2.75) is 11.1 Å². The van der Waals surface area contributed by atoms with Crippen molar-refractivity contribution in [1.29, 1.82) is 0 Å². The second-order valence-corrected chi connectivity index (χ2v) is 3.95. The lowest BCUT2D eigenvalue weighted by atomic mass is 10.6. The lowest BCUT2D eigenvalue weighted by Gasteiger charge is -1.91. The Balaban J connectivity index is 2.83. The number of aromatic hydroxyl groups is 1. The summed E-state index contributed by atoms with van der Waals surface area (Å²) < 4.78 is 4.59. The van der Waals surface area contributed by atoms with Crippen LogP contribution in [0.3, 0.4) is 0 Å². The van der Waals surface area contributed by atoms with Gasteiger partial charge in [-0.25, -0.2) is 0 Å². The molecule has 56 valence electrons. The van der Waals surface area contributed by atoms with Gasteiger partial charge in [0.2, 0.25) is 5.88 Å². The smallest absolute Gasteiger partial charge is 0.247 e. The average molecular weight is 176 g/mol. The fourth-order valence-corrected chi connectivity index (χ4v) is 2.15. The van der Waals surface area contributed by atoms with Crippen molar-refractivity contribution >= 4 is 29.0 Å². The fraction of sp³-hybridized carbons (Fsp3) is 0.400. The normalized spacial score (nSPS) is 10.1. The van der Waals surface area contributed by atoms with E-state index in [4.69, 9.17) is 10.8 Å². The first-order chi connectivity index (χ1) is 4.75. The summed E-state index contributed by atoms with van der Waals surface area (Å²) in [7, 11) is 0. The summed E-state index contributed by atoms with van der Waals surface area (Å²) >= 11 is 2.83. The van der Waals surface area contributed by atoms with Crippen molar-refractivity contribution in [2.24, 2.45) is 0 Å². The number of anilines is 1. The molecule has 0 aliphatic carbocycles. The molecule has 0 spiro atoms. The van der Waals surface area contributed by atoms with Crippen LogP contribution in [0.1, 0.15) is 6.92 Å². The van der Waals surface area contributed by atoms with Gasteiger partial charge >= 0.3 is 0 Å². The minimum atomic E-state index is -0.0408. The zero-order valence-electron chi connectivity index (χ0n) is 5.50. The maximum Gasteiger partial charge on any atom is 0.247 e. The first-order valence-corrected chi connectivity index (χ1v) is 4.58. The molecular formula is C5H8N2OS2. The Morgan fingerprint density at radius 1 is 1.80 bits per heavy atom. The Labute approximate surface area is 67.4 Å². The van der Waals surface area contributed by atoms with Gasteiger partial charge in [0.05, 0.1) is 0 Å². The van der Waals surface area contributed by atoms with Gasteiger partial charge in [-0.2, -0.15) is 4.37 Å². The molecule has 0 fully saturated rings.